The lowest BCUT2D eigenvalue weighted by atomic mass is 10.00. The van der Waals surface area contributed by atoms with Gasteiger partial charge in [-0.1, -0.05) is 21.1 Å². The van der Waals surface area contributed by atoms with Crippen LogP contribution in [0.4, 0.5) is 5.82 Å². The molecule has 2 saturated heterocycles. The lowest BCUT2D eigenvalue weighted by Gasteiger charge is -2.38. The molecule has 152 valence electrons. The van der Waals surface area contributed by atoms with Crippen molar-refractivity contribution in [2.45, 2.75) is 32.5 Å². The molecule has 0 radical (unpaired) electrons. The third-order valence-corrected chi connectivity index (χ3v) is 6.91. The zero-order valence-corrected chi connectivity index (χ0v) is 19.9. The summed E-state index contributed by atoms with van der Waals surface area (Å²) in [6, 6.07) is 4.18. The Bertz CT molecular complexity index is 1090. The van der Waals surface area contributed by atoms with Gasteiger partial charge in [-0.25, -0.2) is 4.98 Å². The first-order valence-corrected chi connectivity index (χ1v) is 11.5. The quantitative estimate of drug-likeness (QED) is 0.416. The number of fused-ring (bicyclic) bond motifs is 1. The van der Waals surface area contributed by atoms with Crippen LogP contribution in [-0.4, -0.2) is 47.2 Å². The van der Waals surface area contributed by atoms with Gasteiger partial charge in [-0.05, 0) is 54.1 Å². The Hall–Kier alpha value is -1.30. The van der Waals surface area contributed by atoms with Crippen LogP contribution in [-0.2, 0) is 9.47 Å². The molecular formula is C20H20BrIN4O3. The molecule has 1 aromatic carbocycles. The average molecular weight is 571 g/mol. The van der Waals surface area contributed by atoms with Gasteiger partial charge in [-0.3, -0.25) is 0 Å². The molecule has 2 aliphatic heterocycles. The third-order valence-electron chi connectivity index (χ3n) is 5.63. The summed E-state index contributed by atoms with van der Waals surface area (Å²) in [7, 11) is 0. The summed E-state index contributed by atoms with van der Waals surface area (Å²) >= 11 is 5.95. The van der Waals surface area contributed by atoms with Crippen molar-refractivity contribution in [2.75, 3.05) is 31.2 Å². The van der Waals surface area contributed by atoms with E-state index in [4.69, 9.17) is 19.0 Å². The number of aromatic nitrogens is 3. The Morgan fingerprint density at radius 2 is 1.83 bits per heavy atom. The van der Waals surface area contributed by atoms with Gasteiger partial charge in [-0.2, -0.15) is 4.98 Å². The predicted octanol–water partition coefficient (Wildman–Crippen LogP) is 4.61. The van der Waals surface area contributed by atoms with Gasteiger partial charge in [0, 0.05) is 39.4 Å². The fourth-order valence-electron chi connectivity index (χ4n) is 4.16. The largest absolute Gasteiger partial charge is 0.356 e. The van der Waals surface area contributed by atoms with E-state index in [0.717, 1.165) is 61.8 Å². The fraction of sp³-hybridized carbons (Fsp3) is 0.450. The van der Waals surface area contributed by atoms with E-state index in [1.807, 2.05) is 6.92 Å². The first kappa shape index (κ1) is 19.7. The lowest BCUT2D eigenvalue weighted by molar-refractivity contribution is -0.169. The van der Waals surface area contributed by atoms with Crippen LogP contribution in [0.2, 0.25) is 0 Å². The topological polar surface area (TPSA) is 73.5 Å². The highest BCUT2D eigenvalue weighted by molar-refractivity contribution is 14.1. The minimum Gasteiger partial charge on any atom is -0.356 e. The molecule has 2 aromatic heterocycles. The molecule has 2 aliphatic rings. The molecule has 3 aromatic rings. The SMILES string of the molecule is Cc1noc(-c2c(N3CCC4(CC3)OCCO4)nc3c(I)cc(Br)cc3c2C)n1. The van der Waals surface area contributed by atoms with Gasteiger partial charge in [0.15, 0.2) is 11.6 Å². The van der Waals surface area contributed by atoms with E-state index in [-0.39, 0.29) is 0 Å². The van der Waals surface area contributed by atoms with Crippen LogP contribution in [0.5, 0.6) is 0 Å². The van der Waals surface area contributed by atoms with Crippen molar-refractivity contribution in [3.63, 3.8) is 0 Å². The van der Waals surface area contributed by atoms with Gasteiger partial charge >= 0.3 is 0 Å². The lowest BCUT2D eigenvalue weighted by Crippen LogP contribution is -2.45. The molecule has 29 heavy (non-hydrogen) atoms. The maximum atomic E-state index is 5.89. The number of benzene rings is 1. The molecule has 0 N–H and O–H groups in total. The molecule has 0 bridgehead atoms. The summed E-state index contributed by atoms with van der Waals surface area (Å²) in [4.78, 5) is 11.9. The maximum Gasteiger partial charge on any atom is 0.261 e. The second-order valence-electron chi connectivity index (χ2n) is 7.46. The first-order valence-electron chi connectivity index (χ1n) is 9.59. The Morgan fingerprint density at radius 3 is 2.48 bits per heavy atom. The van der Waals surface area contributed by atoms with Crippen molar-refractivity contribution in [3.8, 4) is 11.5 Å². The Morgan fingerprint density at radius 1 is 1.10 bits per heavy atom. The second kappa shape index (κ2) is 7.44. The van der Waals surface area contributed by atoms with Gasteiger partial charge < -0.3 is 18.9 Å². The second-order valence-corrected chi connectivity index (χ2v) is 9.54. The van der Waals surface area contributed by atoms with Gasteiger partial charge in [0.05, 0.1) is 24.3 Å². The molecule has 0 amide bonds. The molecule has 0 saturated carbocycles. The number of rotatable bonds is 2. The zero-order valence-electron chi connectivity index (χ0n) is 16.2. The first-order chi connectivity index (χ1) is 14.0. The fourth-order valence-corrected chi connectivity index (χ4v) is 5.79. The zero-order chi connectivity index (χ0) is 20.2. The van der Waals surface area contributed by atoms with Gasteiger partial charge in [0.1, 0.15) is 5.82 Å². The number of pyridine rings is 1. The van der Waals surface area contributed by atoms with E-state index in [2.05, 4.69) is 72.6 Å². The number of hydrogen-bond donors (Lipinski definition) is 0. The van der Waals surface area contributed by atoms with Crippen LogP contribution >= 0.6 is 38.5 Å². The number of halogens is 2. The average Bonchev–Trinajstić information content (AvgIpc) is 3.32. The Kier molecular flexibility index (Phi) is 5.04. The van der Waals surface area contributed by atoms with Gasteiger partial charge in [-0.15, -0.1) is 0 Å². The number of hydrogen-bond acceptors (Lipinski definition) is 7. The summed E-state index contributed by atoms with van der Waals surface area (Å²) in [5.74, 6) is 1.57. The summed E-state index contributed by atoms with van der Waals surface area (Å²) in [5.41, 5.74) is 2.97. The maximum absolute atomic E-state index is 5.89. The highest BCUT2D eigenvalue weighted by Gasteiger charge is 2.41. The van der Waals surface area contributed by atoms with Gasteiger partial charge in [0.25, 0.3) is 5.89 Å². The van der Waals surface area contributed by atoms with Crippen molar-refractivity contribution in [1.29, 1.82) is 0 Å². The van der Waals surface area contributed by atoms with Crippen LogP contribution in [0.15, 0.2) is 21.1 Å². The molecule has 0 atom stereocenters. The number of ether oxygens (including phenoxy) is 2. The van der Waals surface area contributed by atoms with Crippen LogP contribution in [0.25, 0.3) is 22.4 Å². The highest BCUT2D eigenvalue weighted by Crippen LogP contribution is 2.40. The Balaban J connectivity index is 1.65. The van der Waals surface area contributed by atoms with Crippen molar-refractivity contribution < 1.29 is 14.0 Å². The predicted molar refractivity (Wildman–Crippen MR) is 121 cm³/mol. The molecule has 9 heteroatoms. The minimum absolute atomic E-state index is 0.428. The standard InChI is InChI=1S/C20H20BrIN4O3/c1-11-14-9-13(21)10-15(22)17(14)24-18(16(11)19-23-12(2)25-29-19)26-5-3-20(4-6-26)27-7-8-28-20/h9-10H,3-8H2,1-2H3. The molecule has 1 spiro atoms. The van der Waals surface area contributed by atoms with Crippen LogP contribution in [0.3, 0.4) is 0 Å². The normalized spacial score (nSPS) is 18.8. The molecule has 4 heterocycles. The van der Waals surface area contributed by atoms with Crippen LogP contribution in [0, 0.1) is 17.4 Å². The van der Waals surface area contributed by atoms with Crippen molar-refractivity contribution >= 4 is 55.2 Å². The number of anilines is 1. The van der Waals surface area contributed by atoms with Crippen molar-refractivity contribution in [1.82, 2.24) is 15.1 Å². The van der Waals surface area contributed by atoms with Crippen molar-refractivity contribution in [3.05, 3.63) is 31.6 Å². The third kappa shape index (κ3) is 3.45. The van der Waals surface area contributed by atoms with Crippen LogP contribution in [0.1, 0.15) is 24.2 Å². The van der Waals surface area contributed by atoms with E-state index in [9.17, 15) is 0 Å². The van der Waals surface area contributed by atoms with Crippen molar-refractivity contribution in [2.24, 2.45) is 0 Å². The molecule has 5 rings (SSSR count). The molecule has 0 aliphatic carbocycles. The number of nitrogens with zero attached hydrogens (tertiary/aromatic N) is 4. The molecule has 2 fully saturated rings. The highest BCUT2D eigenvalue weighted by atomic mass is 127. The molecule has 0 unspecified atom stereocenters. The summed E-state index contributed by atoms with van der Waals surface area (Å²) in [6.45, 7) is 6.87. The van der Waals surface area contributed by atoms with Gasteiger partial charge in [0.2, 0.25) is 0 Å². The van der Waals surface area contributed by atoms with E-state index >= 15 is 0 Å². The van der Waals surface area contributed by atoms with E-state index in [0.29, 0.717) is 24.9 Å². The van der Waals surface area contributed by atoms with E-state index < -0.39 is 5.79 Å². The van der Waals surface area contributed by atoms with E-state index in [1.54, 1.807) is 0 Å². The summed E-state index contributed by atoms with van der Waals surface area (Å²) in [5, 5.41) is 5.09. The number of aryl methyl sites for hydroxylation is 2. The summed E-state index contributed by atoms with van der Waals surface area (Å²) in [6.07, 6.45) is 1.62. The molecule has 7 nitrogen and oxygen atoms in total. The van der Waals surface area contributed by atoms with E-state index in [1.165, 1.54) is 0 Å². The minimum atomic E-state index is -0.428. The Labute approximate surface area is 190 Å². The monoisotopic (exact) mass is 570 g/mol. The molecular weight excluding hydrogens is 551 g/mol. The number of piperidine rings is 1. The smallest absolute Gasteiger partial charge is 0.261 e. The van der Waals surface area contributed by atoms with Crippen LogP contribution < -0.4 is 4.90 Å². The summed E-state index contributed by atoms with van der Waals surface area (Å²) < 4.78 is 19.5.